The molecule has 1 aliphatic heterocycles. The molecule has 1 heterocycles. The second kappa shape index (κ2) is 19.4. The number of carboxylic acid groups (broad SMARTS) is 1. The molecule has 0 amide bonds. The first kappa shape index (κ1) is 27.1. The molecule has 0 bridgehead atoms. The zero-order valence-corrected chi connectivity index (χ0v) is 20.1. The van der Waals surface area contributed by atoms with E-state index in [1.807, 2.05) is 0 Å². The van der Waals surface area contributed by atoms with E-state index in [9.17, 15) is 0 Å². The SMILES string of the molecule is C1=NCCCN(C2CCCCCCCCCC2)CCCCC1.CC(=O)[O-].[Na+]. The molecule has 0 aromatic rings. The molecule has 0 unspecified atom stereocenters. The van der Waals surface area contributed by atoms with Gasteiger partial charge in [-0.2, -0.15) is 0 Å². The minimum atomic E-state index is -1.08. The van der Waals surface area contributed by atoms with Gasteiger partial charge in [-0.3, -0.25) is 4.99 Å². The Morgan fingerprint density at radius 1 is 0.852 bits per heavy atom. The van der Waals surface area contributed by atoms with Crippen LogP contribution in [0.5, 0.6) is 0 Å². The summed E-state index contributed by atoms with van der Waals surface area (Å²) >= 11 is 0. The first-order valence-electron chi connectivity index (χ1n) is 11.1. The largest absolute Gasteiger partial charge is 1.00 e. The molecule has 1 aliphatic carbocycles. The standard InChI is InChI=1S/C20H38N2.C2H4O2.Na/c1-2-4-6-10-15-20(14-9-5-3-1)22-18-12-8-7-11-16-21-17-13-19-22;1-2(3)4;/h16,20H,1-15,17-19H2;1H3,(H,3,4);/q;;+1/p-1. The van der Waals surface area contributed by atoms with Crippen LogP contribution in [0, 0.1) is 0 Å². The summed E-state index contributed by atoms with van der Waals surface area (Å²) in [7, 11) is 0. The van der Waals surface area contributed by atoms with Gasteiger partial charge in [-0.05, 0) is 58.2 Å². The third-order valence-electron chi connectivity index (χ3n) is 5.48. The van der Waals surface area contributed by atoms with Gasteiger partial charge in [0.15, 0.2) is 0 Å². The Hall–Kier alpha value is 0.100. The van der Waals surface area contributed by atoms with Gasteiger partial charge in [-0.15, -0.1) is 0 Å². The van der Waals surface area contributed by atoms with Crippen molar-refractivity contribution in [3.05, 3.63) is 0 Å². The summed E-state index contributed by atoms with van der Waals surface area (Å²) in [4.78, 5) is 16.3. The topological polar surface area (TPSA) is 55.7 Å². The van der Waals surface area contributed by atoms with Crippen LogP contribution in [0.1, 0.15) is 103 Å². The minimum absolute atomic E-state index is 0. The molecule has 2 aliphatic rings. The summed E-state index contributed by atoms with van der Waals surface area (Å²) in [6.45, 7) is 4.63. The third-order valence-corrected chi connectivity index (χ3v) is 5.48. The average Bonchev–Trinajstić information content (AvgIpc) is 2.70. The number of carbonyl (C=O) groups is 1. The second-order valence-corrected chi connectivity index (χ2v) is 7.88. The number of carboxylic acids is 1. The molecule has 1 fully saturated rings. The third kappa shape index (κ3) is 16.7. The number of aliphatic imine (C=N–C) groups is 1. The van der Waals surface area contributed by atoms with Crippen molar-refractivity contribution >= 4 is 12.2 Å². The van der Waals surface area contributed by atoms with Crippen molar-refractivity contribution in [1.82, 2.24) is 4.90 Å². The monoisotopic (exact) mass is 388 g/mol. The Balaban J connectivity index is 0.00000123. The van der Waals surface area contributed by atoms with E-state index in [1.165, 1.54) is 109 Å². The van der Waals surface area contributed by atoms with Crippen molar-refractivity contribution in [3.8, 4) is 0 Å². The summed E-state index contributed by atoms with van der Waals surface area (Å²) in [5, 5.41) is 8.89. The maximum Gasteiger partial charge on any atom is 1.00 e. The van der Waals surface area contributed by atoms with Crippen LogP contribution in [0.3, 0.4) is 0 Å². The Morgan fingerprint density at radius 2 is 1.33 bits per heavy atom. The van der Waals surface area contributed by atoms with E-state index in [4.69, 9.17) is 9.90 Å². The zero-order chi connectivity index (χ0) is 18.9. The van der Waals surface area contributed by atoms with Crippen LogP contribution in [-0.4, -0.2) is 42.8 Å². The van der Waals surface area contributed by atoms with E-state index in [-0.39, 0.29) is 29.6 Å². The quantitative estimate of drug-likeness (QED) is 0.638. The van der Waals surface area contributed by atoms with E-state index in [0.29, 0.717) is 0 Å². The molecule has 2 rings (SSSR count). The minimum Gasteiger partial charge on any atom is -0.550 e. The normalized spacial score (nSPS) is 22.1. The average molecular weight is 389 g/mol. The molecule has 0 spiro atoms. The molecule has 0 N–H and O–H groups in total. The van der Waals surface area contributed by atoms with Crippen molar-refractivity contribution in [1.29, 1.82) is 0 Å². The Morgan fingerprint density at radius 3 is 1.93 bits per heavy atom. The Labute approximate surface area is 189 Å². The van der Waals surface area contributed by atoms with E-state index in [2.05, 4.69) is 16.1 Å². The molecule has 4 nitrogen and oxygen atoms in total. The number of hydrogen-bond acceptors (Lipinski definition) is 4. The molecule has 0 radical (unpaired) electrons. The van der Waals surface area contributed by atoms with Gasteiger partial charge in [0.25, 0.3) is 0 Å². The molecule has 27 heavy (non-hydrogen) atoms. The smallest absolute Gasteiger partial charge is 0.550 e. The number of carbonyl (C=O) groups excluding carboxylic acids is 1. The van der Waals surface area contributed by atoms with E-state index >= 15 is 0 Å². The maximum absolute atomic E-state index is 8.89. The number of nitrogens with zero attached hydrogens (tertiary/aromatic N) is 2. The summed E-state index contributed by atoms with van der Waals surface area (Å²) in [6.07, 6.45) is 23.4. The fourth-order valence-electron chi connectivity index (χ4n) is 4.08. The van der Waals surface area contributed by atoms with Crippen LogP contribution in [0.4, 0.5) is 0 Å². The molecular formula is C22H41N2NaO2. The maximum atomic E-state index is 8.89. The first-order chi connectivity index (χ1) is 12.7. The number of hydrogen-bond donors (Lipinski definition) is 0. The molecule has 0 aromatic heterocycles. The summed E-state index contributed by atoms with van der Waals surface area (Å²) in [5.74, 6) is -1.08. The van der Waals surface area contributed by atoms with Crippen LogP contribution >= 0.6 is 0 Å². The molecule has 152 valence electrons. The summed E-state index contributed by atoms with van der Waals surface area (Å²) in [6, 6.07) is 0.864. The van der Waals surface area contributed by atoms with E-state index < -0.39 is 5.97 Å². The van der Waals surface area contributed by atoms with Gasteiger partial charge in [-0.25, -0.2) is 0 Å². The predicted octanol–water partition coefficient (Wildman–Crippen LogP) is 1.37. The van der Waals surface area contributed by atoms with Crippen molar-refractivity contribution in [3.63, 3.8) is 0 Å². The molecule has 1 saturated carbocycles. The molecule has 0 atom stereocenters. The van der Waals surface area contributed by atoms with Crippen molar-refractivity contribution in [2.75, 3.05) is 19.6 Å². The van der Waals surface area contributed by atoms with Crippen LogP contribution in [0.25, 0.3) is 0 Å². The van der Waals surface area contributed by atoms with Gasteiger partial charge in [-0.1, -0.05) is 57.8 Å². The van der Waals surface area contributed by atoms with Crippen molar-refractivity contribution < 1.29 is 39.5 Å². The van der Waals surface area contributed by atoms with Gasteiger partial charge in [0.05, 0.1) is 0 Å². The van der Waals surface area contributed by atoms with Crippen LogP contribution in [0.15, 0.2) is 4.99 Å². The van der Waals surface area contributed by atoms with Crippen molar-refractivity contribution in [2.45, 2.75) is 109 Å². The van der Waals surface area contributed by atoms with E-state index in [0.717, 1.165) is 19.5 Å². The van der Waals surface area contributed by atoms with Crippen molar-refractivity contribution in [2.24, 2.45) is 4.99 Å². The zero-order valence-electron chi connectivity index (χ0n) is 18.1. The summed E-state index contributed by atoms with van der Waals surface area (Å²) in [5.41, 5.74) is 0. The molecule has 0 aromatic carbocycles. The summed E-state index contributed by atoms with van der Waals surface area (Å²) < 4.78 is 0. The van der Waals surface area contributed by atoms with Crippen LogP contribution in [-0.2, 0) is 4.79 Å². The predicted molar refractivity (Wildman–Crippen MR) is 109 cm³/mol. The van der Waals surface area contributed by atoms with E-state index in [1.54, 1.807) is 0 Å². The molecule has 5 heteroatoms. The van der Waals surface area contributed by atoms with Gasteiger partial charge < -0.3 is 14.8 Å². The fraction of sp³-hybridized carbons (Fsp3) is 0.909. The Bertz CT molecular complexity index is 361. The van der Waals surface area contributed by atoms with Gasteiger partial charge in [0.1, 0.15) is 0 Å². The second-order valence-electron chi connectivity index (χ2n) is 7.88. The fourth-order valence-corrected chi connectivity index (χ4v) is 4.08. The van der Waals surface area contributed by atoms with Gasteiger partial charge >= 0.3 is 29.6 Å². The van der Waals surface area contributed by atoms with Gasteiger partial charge in [0, 0.05) is 25.1 Å². The first-order valence-corrected chi connectivity index (χ1v) is 11.1. The number of aliphatic carboxylic acids is 1. The van der Waals surface area contributed by atoms with Crippen LogP contribution in [0.2, 0.25) is 0 Å². The Kier molecular flexibility index (Phi) is 19.5. The molecular weight excluding hydrogens is 347 g/mol. The van der Waals surface area contributed by atoms with Gasteiger partial charge in [0.2, 0.25) is 0 Å². The number of rotatable bonds is 1. The van der Waals surface area contributed by atoms with Crippen LogP contribution < -0.4 is 34.7 Å². The molecule has 0 saturated heterocycles.